The third-order valence-corrected chi connectivity index (χ3v) is 5.08. The summed E-state index contributed by atoms with van der Waals surface area (Å²) in [5.74, 6) is 0.712. The normalized spacial score (nSPS) is 19.8. The molecule has 4 rings (SSSR count). The largest absolute Gasteiger partial charge is 0.381 e. The molecule has 24 heavy (non-hydrogen) atoms. The smallest absolute Gasteiger partial charge is 0.0659 e. The quantitative estimate of drug-likeness (QED) is 0.909. The van der Waals surface area contributed by atoms with Gasteiger partial charge in [-0.2, -0.15) is 5.10 Å². The van der Waals surface area contributed by atoms with Gasteiger partial charge in [0, 0.05) is 37.9 Å². The van der Waals surface area contributed by atoms with Gasteiger partial charge in [0.1, 0.15) is 0 Å². The Labute approximate surface area is 144 Å². The zero-order chi connectivity index (χ0) is 16.2. The Morgan fingerprint density at radius 1 is 1.00 bits per heavy atom. The van der Waals surface area contributed by atoms with Crippen LogP contribution in [-0.2, 0) is 11.3 Å². The zero-order valence-electron chi connectivity index (χ0n) is 14.3. The first-order valence-electron chi connectivity index (χ1n) is 9.34. The molecule has 4 nitrogen and oxygen atoms in total. The first-order chi connectivity index (χ1) is 11.9. The van der Waals surface area contributed by atoms with Gasteiger partial charge in [0.15, 0.2) is 0 Å². The average Bonchev–Trinajstić information content (AvgIpc) is 3.32. The molecule has 1 aliphatic heterocycles. The lowest BCUT2D eigenvalue weighted by Gasteiger charge is -2.21. The summed E-state index contributed by atoms with van der Waals surface area (Å²) in [6.45, 7) is 2.78. The molecule has 0 atom stereocenters. The molecule has 0 bridgehead atoms. The van der Waals surface area contributed by atoms with Gasteiger partial charge in [0.05, 0.1) is 11.4 Å². The van der Waals surface area contributed by atoms with Gasteiger partial charge in [-0.25, -0.2) is 4.68 Å². The van der Waals surface area contributed by atoms with Crippen LogP contribution in [0, 0.1) is 0 Å². The van der Waals surface area contributed by atoms with Gasteiger partial charge in [0.2, 0.25) is 0 Å². The molecule has 1 N–H and O–H groups in total. The van der Waals surface area contributed by atoms with Crippen molar-refractivity contribution in [3.05, 3.63) is 47.8 Å². The summed E-state index contributed by atoms with van der Waals surface area (Å²) in [6.07, 6.45) is 9.45. The first kappa shape index (κ1) is 15.9. The van der Waals surface area contributed by atoms with Gasteiger partial charge >= 0.3 is 0 Å². The van der Waals surface area contributed by atoms with Crippen LogP contribution < -0.4 is 5.32 Å². The number of benzene rings is 1. The predicted molar refractivity (Wildman–Crippen MR) is 95.5 cm³/mol. The van der Waals surface area contributed by atoms with Gasteiger partial charge < -0.3 is 10.1 Å². The fraction of sp³-hybridized carbons (Fsp3) is 0.550. The van der Waals surface area contributed by atoms with Crippen molar-refractivity contribution in [3.8, 4) is 5.69 Å². The number of hydrogen-bond acceptors (Lipinski definition) is 3. The molecular formula is C20H27N3O. The summed E-state index contributed by atoms with van der Waals surface area (Å²) >= 11 is 0. The second-order valence-electron chi connectivity index (χ2n) is 7.10. The van der Waals surface area contributed by atoms with Crippen molar-refractivity contribution >= 4 is 0 Å². The maximum atomic E-state index is 5.53. The Hall–Kier alpha value is -1.65. The van der Waals surface area contributed by atoms with Crippen LogP contribution in [0.5, 0.6) is 0 Å². The molecule has 2 heterocycles. The minimum atomic E-state index is 0.626. The highest BCUT2D eigenvalue weighted by Crippen LogP contribution is 2.39. The van der Waals surface area contributed by atoms with E-state index in [0.717, 1.165) is 25.4 Å². The van der Waals surface area contributed by atoms with Crippen molar-refractivity contribution in [2.75, 3.05) is 13.2 Å². The van der Waals surface area contributed by atoms with E-state index >= 15 is 0 Å². The molecule has 1 aromatic carbocycles. The third kappa shape index (κ3) is 4.05. The van der Waals surface area contributed by atoms with Crippen LogP contribution in [0.1, 0.15) is 55.7 Å². The van der Waals surface area contributed by atoms with Crippen molar-refractivity contribution in [1.29, 1.82) is 0 Å². The maximum absolute atomic E-state index is 5.53. The van der Waals surface area contributed by atoms with Crippen LogP contribution in [0.25, 0.3) is 5.69 Å². The van der Waals surface area contributed by atoms with Crippen molar-refractivity contribution < 1.29 is 4.74 Å². The Morgan fingerprint density at radius 3 is 2.46 bits per heavy atom. The standard InChI is InChI=1S/C20H27N3O/c1-3-18(4-2-14-24-13-1)21-15-16-5-9-19(10-6-16)23-12-11-20(22-23)17-7-8-17/h5-6,9-12,17-18,21H,1-4,7-8,13-15H2. The van der Waals surface area contributed by atoms with Crippen LogP contribution in [0.15, 0.2) is 36.5 Å². The second kappa shape index (κ2) is 7.49. The van der Waals surface area contributed by atoms with E-state index in [1.54, 1.807) is 0 Å². The number of ether oxygens (including phenoxy) is 1. The zero-order valence-corrected chi connectivity index (χ0v) is 14.3. The summed E-state index contributed by atoms with van der Waals surface area (Å²) in [5, 5.41) is 8.41. The molecule has 1 saturated heterocycles. The summed E-state index contributed by atoms with van der Waals surface area (Å²) in [4.78, 5) is 0. The highest BCUT2D eigenvalue weighted by atomic mass is 16.5. The highest BCUT2D eigenvalue weighted by Gasteiger charge is 2.25. The van der Waals surface area contributed by atoms with Gasteiger partial charge in [-0.1, -0.05) is 12.1 Å². The average molecular weight is 325 g/mol. The van der Waals surface area contributed by atoms with Crippen LogP contribution in [-0.4, -0.2) is 29.0 Å². The second-order valence-corrected chi connectivity index (χ2v) is 7.10. The summed E-state index contributed by atoms with van der Waals surface area (Å²) in [7, 11) is 0. The Bertz CT molecular complexity index is 637. The molecule has 2 aliphatic rings. The highest BCUT2D eigenvalue weighted by molar-refractivity contribution is 5.34. The molecule has 2 fully saturated rings. The lowest BCUT2D eigenvalue weighted by molar-refractivity contribution is 0.109. The molecule has 0 amide bonds. The van der Waals surface area contributed by atoms with E-state index in [1.807, 2.05) is 4.68 Å². The van der Waals surface area contributed by atoms with E-state index in [9.17, 15) is 0 Å². The molecule has 1 aliphatic carbocycles. The van der Waals surface area contributed by atoms with Crippen molar-refractivity contribution in [2.24, 2.45) is 0 Å². The molecule has 128 valence electrons. The van der Waals surface area contributed by atoms with E-state index in [2.05, 4.69) is 41.8 Å². The van der Waals surface area contributed by atoms with E-state index in [-0.39, 0.29) is 0 Å². The number of hydrogen-bond donors (Lipinski definition) is 1. The van der Waals surface area contributed by atoms with E-state index in [1.165, 1.54) is 49.8 Å². The van der Waals surface area contributed by atoms with E-state index < -0.39 is 0 Å². The Balaban J connectivity index is 1.33. The monoisotopic (exact) mass is 325 g/mol. The molecule has 2 aromatic rings. The van der Waals surface area contributed by atoms with Gasteiger partial charge in [-0.3, -0.25) is 0 Å². The third-order valence-electron chi connectivity index (χ3n) is 5.08. The molecule has 0 radical (unpaired) electrons. The fourth-order valence-electron chi connectivity index (χ4n) is 3.42. The van der Waals surface area contributed by atoms with E-state index in [4.69, 9.17) is 9.84 Å². The van der Waals surface area contributed by atoms with Crippen LogP contribution in [0.2, 0.25) is 0 Å². The minimum absolute atomic E-state index is 0.626. The minimum Gasteiger partial charge on any atom is -0.381 e. The lowest BCUT2D eigenvalue weighted by atomic mass is 10.0. The van der Waals surface area contributed by atoms with Crippen LogP contribution in [0.3, 0.4) is 0 Å². The van der Waals surface area contributed by atoms with Crippen molar-refractivity contribution in [1.82, 2.24) is 15.1 Å². The molecular weight excluding hydrogens is 298 g/mol. The van der Waals surface area contributed by atoms with Gasteiger partial charge in [-0.15, -0.1) is 0 Å². The number of aromatic nitrogens is 2. The Morgan fingerprint density at radius 2 is 1.75 bits per heavy atom. The topological polar surface area (TPSA) is 39.1 Å². The summed E-state index contributed by atoms with van der Waals surface area (Å²) in [6, 6.07) is 11.6. The van der Waals surface area contributed by atoms with E-state index in [0.29, 0.717) is 12.0 Å². The Kier molecular flexibility index (Phi) is 4.95. The lowest BCUT2D eigenvalue weighted by Crippen LogP contribution is -2.30. The van der Waals surface area contributed by atoms with Crippen molar-refractivity contribution in [2.45, 2.75) is 57.0 Å². The molecule has 1 aromatic heterocycles. The number of nitrogens with zero attached hydrogens (tertiary/aromatic N) is 2. The SMILES string of the molecule is c1cc(-n2ccc(C3CC3)n2)ccc1CNC1CCCOCCC1. The van der Waals surface area contributed by atoms with Crippen LogP contribution in [0.4, 0.5) is 0 Å². The molecule has 4 heteroatoms. The summed E-state index contributed by atoms with van der Waals surface area (Å²) < 4.78 is 7.52. The maximum Gasteiger partial charge on any atom is 0.0659 e. The molecule has 1 saturated carbocycles. The first-order valence-corrected chi connectivity index (χ1v) is 9.34. The molecule has 0 spiro atoms. The number of rotatable bonds is 5. The molecule has 0 unspecified atom stereocenters. The van der Waals surface area contributed by atoms with Crippen LogP contribution >= 0.6 is 0 Å². The number of nitrogens with one attached hydrogen (secondary N) is 1. The summed E-state index contributed by atoms with van der Waals surface area (Å²) in [5.41, 5.74) is 3.73. The van der Waals surface area contributed by atoms with Gasteiger partial charge in [0.25, 0.3) is 0 Å². The van der Waals surface area contributed by atoms with Crippen molar-refractivity contribution in [3.63, 3.8) is 0 Å². The van der Waals surface area contributed by atoms with Gasteiger partial charge in [-0.05, 0) is 62.3 Å². The predicted octanol–water partition coefficient (Wildman–Crippen LogP) is 3.80. The fourth-order valence-corrected chi connectivity index (χ4v) is 3.42.